The molecule has 0 spiro atoms. The molecule has 1 rings (SSSR count). The number of methoxy groups -OCH3 is 1. The SMILES string of the molecule is COc1ccc(C(C)NCC(C)(C)O)cc1F. The zero-order valence-electron chi connectivity index (χ0n) is 10.7. The van der Waals surface area contributed by atoms with Crippen LogP contribution in [0.15, 0.2) is 18.2 Å². The van der Waals surface area contributed by atoms with Gasteiger partial charge in [0.05, 0.1) is 12.7 Å². The second-order valence-corrected chi connectivity index (χ2v) is 4.81. The van der Waals surface area contributed by atoms with Gasteiger partial charge < -0.3 is 15.2 Å². The number of ether oxygens (including phenoxy) is 1. The number of aliphatic hydroxyl groups is 1. The third-order valence-corrected chi connectivity index (χ3v) is 2.52. The lowest BCUT2D eigenvalue weighted by molar-refractivity contribution is 0.0770. The van der Waals surface area contributed by atoms with E-state index in [4.69, 9.17) is 4.74 Å². The Hall–Kier alpha value is -1.13. The van der Waals surface area contributed by atoms with Crippen LogP contribution >= 0.6 is 0 Å². The van der Waals surface area contributed by atoms with E-state index >= 15 is 0 Å². The van der Waals surface area contributed by atoms with Gasteiger partial charge >= 0.3 is 0 Å². The standard InChI is InChI=1S/C13H20FNO2/c1-9(15-8-13(2,3)16)10-5-6-12(17-4)11(14)7-10/h5-7,9,15-16H,8H2,1-4H3. The maximum atomic E-state index is 13.5. The summed E-state index contributed by atoms with van der Waals surface area (Å²) in [5.74, 6) is -0.134. The minimum Gasteiger partial charge on any atom is -0.494 e. The van der Waals surface area contributed by atoms with Crippen LogP contribution in [0.4, 0.5) is 4.39 Å². The molecular weight excluding hydrogens is 221 g/mol. The number of nitrogens with one attached hydrogen (secondary N) is 1. The predicted molar refractivity (Wildman–Crippen MR) is 65.7 cm³/mol. The highest BCUT2D eigenvalue weighted by atomic mass is 19.1. The molecule has 0 aromatic heterocycles. The van der Waals surface area contributed by atoms with E-state index in [-0.39, 0.29) is 17.6 Å². The van der Waals surface area contributed by atoms with Gasteiger partial charge in [0.15, 0.2) is 11.6 Å². The molecule has 96 valence electrons. The molecule has 0 aliphatic rings. The fraction of sp³-hybridized carbons (Fsp3) is 0.538. The van der Waals surface area contributed by atoms with Crippen LogP contribution < -0.4 is 10.1 Å². The van der Waals surface area contributed by atoms with Crippen molar-refractivity contribution in [2.75, 3.05) is 13.7 Å². The lowest BCUT2D eigenvalue weighted by Crippen LogP contribution is -2.36. The van der Waals surface area contributed by atoms with Crippen molar-refractivity contribution in [1.29, 1.82) is 0 Å². The van der Waals surface area contributed by atoms with Gasteiger partial charge in [0, 0.05) is 12.6 Å². The Labute approximate surface area is 102 Å². The molecule has 0 saturated heterocycles. The second kappa shape index (κ2) is 5.47. The topological polar surface area (TPSA) is 41.5 Å². The summed E-state index contributed by atoms with van der Waals surface area (Å²) in [5.41, 5.74) is 0.0479. The van der Waals surface area contributed by atoms with Crippen molar-refractivity contribution in [1.82, 2.24) is 5.32 Å². The number of hydrogen-bond donors (Lipinski definition) is 2. The molecule has 0 bridgehead atoms. The maximum Gasteiger partial charge on any atom is 0.165 e. The molecule has 0 aliphatic carbocycles. The Morgan fingerprint density at radius 2 is 2.12 bits per heavy atom. The fourth-order valence-corrected chi connectivity index (χ4v) is 1.47. The molecule has 2 N–H and O–H groups in total. The smallest absolute Gasteiger partial charge is 0.165 e. The zero-order valence-corrected chi connectivity index (χ0v) is 10.7. The summed E-state index contributed by atoms with van der Waals surface area (Å²) in [7, 11) is 1.44. The van der Waals surface area contributed by atoms with Crippen molar-refractivity contribution in [3.05, 3.63) is 29.6 Å². The van der Waals surface area contributed by atoms with E-state index in [9.17, 15) is 9.50 Å². The van der Waals surface area contributed by atoms with Gasteiger partial charge in [-0.25, -0.2) is 4.39 Å². The summed E-state index contributed by atoms with van der Waals surface area (Å²) in [6.45, 7) is 5.82. The number of benzene rings is 1. The van der Waals surface area contributed by atoms with Gasteiger partial charge in [-0.2, -0.15) is 0 Å². The molecule has 3 nitrogen and oxygen atoms in total. The summed E-state index contributed by atoms with van der Waals surface area (Å²) in [6, 6.07) is 4.83. The Balaban J connectivity index is 2.69. The fourth-order valence-electron chi connectivity index (χ4n) is 1.47. The first-order valence-corrected chi connectivity index (χ1v) is 5.62. The summed E-state index contributed by atoms with van der Waals surface area (Å²) in [5, 5.41) is 12.7. The van der Waals surface area contributed by atoms with E-state index in [1.54, 1.807) is 19.9 Å². The third-order valence-electron chi connectivity index (χ3n) is 2.52. The highest BCUT2D eigenvalue weighted by Crippen LogP contribution is 2.21. The Kier molecular flexibility index (Phi) is 4.48. The van der Waals surface area contributed by atoms with Crippen LogP contribution in [-0.4, -0.2) is 24.4 Å². The van der Waals surface area contributed by atoms with Crippen LogP contribution in [0.1, 0.15) is 32.4 Å². The van der Waals surface area contributed by atoms with Crippen molar-refractivity contribution >= 4 is 0 Å². The average Bonchev–Trinajstić information content (AvgIpc) is 2.24. The summed E-state index contributed by atoms with van der Waals surface area (Å²) in [6.07, 6.45) is 0. The Bertz CT molecular complexity index is 374. The van der Waals surface area contributed by atoms with Gasteiger partial charge in [0.1, 0.15) is 0 Å². The van der Waals surface area contributed by atoms with Crippen LogP contribution in [0.25, 0.3) is 0 Å². The summed E-state index contributed by atoms with van der Waals surface area (Å²) in [4.78, 5) is 0. The minimum atomic E-state index is -0.778. The first-order valence-electron chi connectivity index (χ1n) is 5.62. The molecule has 0 saturated carbocycles. The van der Waals surface area contributed by atoms with Gasteiger partial charge in [-0.1, -0.05) is 6.07 Å². The van der Waals surface area contributed by atoms with E-state index in [1.165, 1.54) is 13.2 Å². The molecule has 1 unspecified atom stereocenters. The number of hydrogen-bond acceptors (Lipinski definition) is 3. The van der Waals surface area contributed by atoms with Crippen molar-refractivity contribution < 1.29 is 14.2 Å². The van der Waals surface area contributed by atoms with Gasteiger partial charge in [0.25, 0.3) is 0 Å². The Morgan fingerprint density at radius 3 is 2.59 bits per heavy atom. The van der Waals surface area contributed by atoms with Gasteiger partial charge in [-0.3, -0.25) is 0 Å². The highest BCUT2D eigenvalue weighted by Gasteiger charge is 2.15. The minimum absolute atomic E-state index is 0.0261. The Morgan fingerprint density at radius 1 is 1.47 bits per heavy atom. The van der Waals surface area contributed by atoms with Gasteiger partial charge in [-0.15, -0.1) is 0 Å². The lowest BCUT2D eigenvalue weighted by Gasteiger charge is -2.22. The second-order valence-electron chi connectivity index (χ2n) is 4.81. The first kappa shape index (κ1) is 13.9. The molecule has 1 aromatic carbocycles. The highest BCUT2D eigenvalue weighted by molar-refractivity contribution is 5.30. The van der Waals surface area contributed by atoms with E-state index in [2.05, 4.69) is 5.32 Å². The number of rotatable bonds is 5. The van der Waals surface area contributed by atoms with E-state index < -0.39 is 5.60 Å². The van der Waals surface area contributed by atoms with Gasteiger partial charge in [0.2, 0.25) is 0 Å². The van der Waals surface area contributed by atoms with Crippen LogP contribution in [-0.2, 0) is 0 Å². The normalized spacial score (nSPS) is 13.5. The van der Waals surface area contributed by atoms with Crippen molar-refractivity contribution in [2.45, 2.75) is 32.4 Å². The molecule has 1 atom stereocenters. The van der Waals surface area contributed by atoms with Crippen molar-refractivity contribution in [2.24, 2.45) is 0 Å². The van der Waals surface area contributed by atoms with E-state index in [0.717, 1.165) is 5.56 Å². The molecule has 1 aromatic rings. The monoisotopic (exact) mass is 241 g/mol. The summed E-state index contributed by atoms with van der Waals surface area (Å²) >= 11 is 0. The van der Waals surface area contributed by atoms with Crippen LogP contribution in [0, 0.1) is 5.82 Å². The number of halogens is 1. The van der Waals surface area contributed by atoms with Crippen molar-refractivity contribution in [3.8, 4) is 5.75 Å². The van der Waals surface area contributed by atoms with Gasteiger partial charge in [-0.05, 0) is 38.5 Å². The molecule has 0 heterocycles. The quantitative estimate of drug-likeness (QED) is 0.830. The lowest BCUT2D eigenvalue weighted by atomic mass is 10.1. The first-order chi connectivity index (χ1) is 7.83. The molecule has 0 aliphatic heterocycles. The van der Waals surface area contributed by atoms with Crippen LogP contribution in [0.3, 0.4) is 0 Å². The van der Waals surface area contributed by atoms with E-state index in [1.807, 2.05) is 13.0 Å². The summed E-state index contributed by atoms with van der Waals surface area (Å²) < 4.78 is 18.3. The predicted octanol–water partition coefficient (Wildman–Crippen LogP) is 2.26. The largest absolute Gasteiger partial charge is 0.494 e. The molecule has 0 amide bonds. The van der Waals surface area contributed by atoms with E-state index in [0.29, 0.717) is 6.54 Å². The maximum absolute atomic E-state index is 13.5. The molecule has 0 radical (unpaired) electrons. The molecular formula is C13H20FNO2. The zero-order chi connectivity index (χ0) is 13.1. The average molecular weight is 241 g/mol. The van der Waals surface area contributed by atoms with Crippen LogP contribution in [0.5, 0.6) is 5.75 Å². The third kappa shape index (κ3) is 4.32. The molecule has 4 heteroatoms. The van der Waals surface area contributed by atoms with Crippen molar-refractivity contribution in [3.63, 3.8) is 0 Å². The van der Waals surface area contributed by atoms with Crippen LogP contribution in [0.2, 0.25) is 0 Å². The molecule has 0 fully saturated rings. The molecule has 17 heavy (non-hydrogen) atoms.